The first kappa shape index (κ1) is 16.7. The number of aromatic hydroxyl groups is 1. The molecule has 6 heteroatoms. The lowest BCUT2D eigenvalue weighted by Gasteiger charge is -2.14. The van der Waals surface area contributed by atoms with Crippen LogP contribution < -0.4 is 4.74 Å². The third-order valence-corrected chi connectivity index (χ3v) is 3.81. The molecule has 0 amide bonds. The molecule has 3 heterocycles. The maximum absolute atomic E-state index is 9.85. The van der Waals surface area contributed by atoms with Gasteiger partial charge in [-0.2, -0.15) is 5.10 Å². The number of pyridine rings is 2. The predicted molar refractivity (Wildman–Crippen MR) is 96.2 cm³/mol. The van der Waals surface area contributed by atoms with Gasteiger partial charge in [0.25, 0.3) is 0 Å². The highest BCUT2D eigenvalue weighted by Crippen LogP contribution is 2.29. The molecule has 3 aromatic heterocycles. The summed E-state index contributed by atoms with van der Waals surface area (Å²) in [6, 6.07) is 6.00. The molecular formula is C19H20N4O2. The van der Waals surface area contributed by atoms with Crippen molar-refractivity contribution >= 4 is 6.08 Å². The maximum atomic E-state index is 9.85. The fraction of sp³-hybridized carbons (Fsp3) is 0.211. The summed E-state index contributed by atoms with van der Waals surface area (Å²) in [7, 11) is 0. The minimum atomic E-state index is 0.0387. The van der Waals surface area contributed by atoms with Crippen LogP contribution in [0.15, 0.2) is 49.6 Å². The van der Waals surface area contributed by atoms with Crippen LogP contribution >= 0.6 is 0 Å². The monoisotopic (exact) mass is 336 g/mol. The topological polar surface area (TPSA) is 73.1 Å². The summed E-state index contributed by atoms with van der Waals surface area (Å²) in [5.41, 5.74) is 3.20. The fourth-order valence-electron chi connectivity index (χ4n) is 2.62. The van der Waals surface area contributed by atoms with Crippen molar-refractivity contribution in [1.29, 1.82) is 0 Å². The van der Waals surface area contributed by atoms with Crippen molar-refractivity contribution in [3.63, 3.8) is 0 Å². The number of nitrogens with zero attached hydrogens (tertiary/aromatic N) is 4. The molecule has 0 aromatic carbocycles. The molecule has 1 N–H and O–H groups in total. The molecule has 0 aliphatic heterocycles. The van der Waals surface area contributed by atoms with Gasteiger partial charge in [0.1, 0.15) is 18.1 Å². The SMILES string of the molecule is C=Cc1c(O)cncc1OCc1cccnc1-c1ccnn1C(C)C. The highest BCUT2D eigenvalue weighted by molar-refractivity contribution is 5.62. The standard InChI is InChI=1S/C19H20N4O2/c1-4-15-17(24)10-20-11-18(15)25-12-14-6-5-8-21-19(14)16-7-9-22-23(16)13(2)3/h4-11,13,24H,1,12H2,2-3H3. The minimum Gasteiger partial charge on any atom is -0.506 e. The smallest absolute Gasteiger partial charge is 0.149 e. The van der Waals surface area contributed by atoms with Crippen molar-refractivity contribution in [2.75, 3.05) is 0 Å². The Balaban J connectivity index is 1.91. The number of aromatic nitrogens is 4. The number of hydrogen-bond acceptors (Lipinski definition) is 5. The first-order chi connectivity index (χ1) is 12.1. The van der Waals surface area contributed by atoms with E-state index in [-0.39, 0.29) is 11.8 Å². The quantitative estimate of drug-likeness (QED) is 0.740. The predicted octanol–water partition coefficient (Wildman–Crippen LogP) is 3.85. The average molecular weight is 336 g/mol. The number of hydrogen-bond donors (Lipinski definition) is 1. The fourth-order valence-corrected chi connectivity index (χ4v) is 2.62. The van der Waals surface area contributed by atoms with Crippen LogP contribution in [-0.4, -0.2) is 24.9 Å². The molecule has 0 saturated carbocycles. The zero-order valence-electron chi connectivity index (χ0n) is 14.3. The van der Waals surface area contributed by atoms with Gasteiger partial charge in [-0.3, -0.25) is 14.6 Å². The van der Waals surface area contributed by atoms with Crippen LogP contribution in [-0.2, 0) is 6.61 Å². The molecule has 0 spiro atoms. The van der Waals surface area contributed by atoms with Crippen molar-refractivity contribution in [3.05, 3.63) is 60.7 Å². The molecule has 128 valence electrons. The third kappa shape index (κ3) is 3.38. The highest BCUT2D eigenvalue weighted by Gasteiger charge is 2.14. The van der Waals surface area contributed by atoms with Gasteiger partial charge in [0.05, 0.1) is 29.3 Å². The number of ether oxygens (including phenoxy) is 1. The van der Waals surface area contributed by atoms with E-state index in [0.29, 0.717) is 17.9 Å². The Labute approximate surface area is 146 Å². The lowest BCUT2D eigenvalue weighted by Crippen LogP contribution is -2.08. The van der Waals surface area contributed by atoms with Gasteiger partial charge in [-0.15, -0.1) is 0 Å². The lowest BCUT2D eigenvalue weighted by atomic mass is 10.1. The molecule has 3 aromatic rings. The molecular weight excluding hydrogens is 316 g/mol. The summed E-state index contributed by atoms with van der Waals surface area (Å²) in [5, 5.41) is 14.2. The Morgan fingerprint density at radius 2 is 2.12 bits per heavy atom. The Hall–Kier alpha value is -3.15. The second-order valence-electron chi connectivity index (χ2n) is 5.83. The van der Waals surface area contributed by atoms with Gasteiger partial charge in [-0.05, 0) is 26.0 Å². The summed E-state index contributed by atoms with van der Waals surface area (Å²) in [4.78, 5) is 8.47. The van der Waals surface area contributed by atoms with E-state index in [4.69, 9.17) is 4.74 Å². The summed E-state index contributed by atoms with van der Waals surface area (Å²) in [5.74, 6) is 0.513. The Bertz CT molecular complexity index is 887. The molecule has 0 unspecified atom stereocenters. The summed E-state index contributed by atoms with van der Waals surface area (Å²) >= 11 is 0. The van der Waals surface area contributed by atoms with Gasteiger partial charge in [0.2, 0.25) is 0 Å². The summed E-state index contributed by atoms with van der Waals surface area (Å²) < 4.78 is 7.80. The van der Waals surface area contributed by atoms with Gasteiger partial charge in [0, 0.05) is 24.0 Å². The zero-order chi connectivity index (χ0) is 17.8. The third-order valence-electron chi connectivity index (χ3n) is 3.81. The van der Waals surface area contributed by atoms with Gasteiger partial charge in [-0.25, -0.2) is 0 Å². The van der Waals surface area contributed by atoms with Crippen molar-refractivity contribution < 1.29 is 9.84 Å². The van der Waals surface area contributed by atoms with Crippen LogP contribution in [0.3, 0.4) is 0 Å². The Kier molecular flexibility index (Phi) is 4.79. The Morgan fingerprint density at radius 3 is 2.88 bits per heavy atom. The molecule has 0 fully saturated rings. The van der Waals surface area contributed by atoms with Crippen LogP contribution in [0.4, 0.5) is 0 Å². The van der Waals surface area contributed by atoms with Gasteiger partial charge in [-0.1, -0.05) is 18.7 Å². The van der Waals surface area contributed by atoms with E-state index in [0.717, 1.165) is 17.0 Å². The normalized spacial score (nSPS) is 10.8. The summed E-state index contributed by atoms with van der Waals surface area (Å²) in [6.07, 6.45) is 7.99. The van der Waals surface area contributed by atoms with Gasteiger partial charge >= 0.3 is 0 Å². The van der Waals surface area contributed by atoms with Crippen LogP contribution in [0.25, 0.3) is 17.5 Å². The molecule has 0 radical (unpaired) electrons. The first-order valence-electron chi connectivity index (χ1n) is 8.01. The largest absolute Gasteiger partial charge is 0.506 e. The van der Waals surface area contributed by atoms with Crippen LogP contribution in [0.1, 0.15) is 31.0 Å². The van der Waals surface area contributed by atoms with Crippen molar-refractivity contribution in [2.24, 2.45) is 0 Å². The average Bonchev–Trinajstić information content (AvgIpc) is 3.10. The van der Waals surface area contributed by atoms with Crippen molar-refractivity contribution in [2.45, 2.75) is 26.5 Å². The molecule has 25 heavy (non-hydrogen) atoms. The van der Waals surface area contributed by atoms with Crippen molar-refractivity contribution in [1.82, 2.24) is 19.7 Å². The van der Waals surface area contributed by atoms with Crippen LogP contribution in [0.2, 0.25) is 0 Å². The van der Waals surface area contributed by atoms with Gasteiger partial charge in [0.15, 0.2) is 0 Å². The number of rotatable bonds is 6. The summed E-state index contributed by atoms with van der Waals surface area (Å²) in [6.45, 7) is 8.14. The van der Waals surface area contributed by atoms with Gasteiger partial charge < -0.3 is 9.84 Å². The molecule has 0 aliphatic carbocycles. The molecule has 0 aliphatic rings. The van der Waals surface area contributed by atoms with Crippen LogP contribution in [0, 0.1) is 0 Å². The molecule has 6 nitrogen and oxygen atoms in total. The van der Waals surface area contributed by atoms with E-state index in [1.165, 1.54) is 6.20 Å². The Morgan fingerprint density at radius 1 is 1.28 bits per heavy atom. The maximum Gasteiger partial charge on any atom is 0.149 e. The highest BCUT2D eigenvalue weighted by atomic mass is 16.5. The molecule has 0 atom stereocenters. The van der Waals surface area contributed by atoms with E-state index in [1.807, 2.05) is 22.9 Å². The van der Waals surface area contributed by atoms with E-state index in [1.54, 1.807) is 24.7 Å². The van der Waals surface area contributed by atoms with E-state index < -0.39 is 0 Å². The van der Waals surface area contributed by atoms with Crippen LogP contribution in [0.5, 0.6) is 11.5 Å². The minimum absolute atomic E-state index is 0.0387. The van der Waals surface area contributed by atoms with E-state index in [2.05, 4.69) is 35.5 Å². The lowest BCUT2D eigenvalue weighted by molar-refractivity contribution is 0.302. The zero-order valence-corrected chi connectivity index (χ0v) is 14.3. The molecule has 0 bridgehead atoms. The second kappa shape index (κ2) is 7.17. The molecule has 3 rings (SSSR count). The second-order valence-corrected chi connectivity index (χ2v) is 5.83. The van der Waals surface area contributed by atoms with E-state index in [9.17, 15) is 5.11 Å². The molecule has 0 saturated heterocycles. The van der Waals surface area contributed by atoms with E-state index >= 15 is 0 Å². The first-order valence-corrected chi connectivity index (χ1v) is 8.01. The van der Waals surface area contributed by atoms with Crippen molar-refractivity contribution in [3.8, 4) is 22.9 Å².